The molecule has 0 radical (unpaired) electrons. The number of nitrogens with one attached hydrogen (secondary N) is 2. The van der Waals surface area contributed by atoms with Crippen LogP contribution in [0.1, 0.15) is 25.7 Å². The lowest BCUT2D eigenvalue weighted by atomic mass is 10.0. The van der Waals surface area contributed by atoms with Gasteiger partial charge in [-0.15, -0.1) is 0 Å². The van der Waals surface area contributed by atoms with E-state index in [-0.39, 0.29) is 18.5 Å². The van der Waals surface area contributed by atoms with Crippen LogP contribution in [0.3, 0.4) is 0 Å². The lowest BCUT2D eigenvalue weighted by Gasteiger charge is -2.22. The molecule has 1 atom stereocenters. The summed E-state index contributed by atoms with van der Waals surface area (Å²) >= 11 is 0. The molecule has 1 amide bonds. The number of rotatable bonds is 3. The third kappa shape index (κ3) is 5.01. The van der Waals surface area contributed by atoms with Crippen molar-refractivity contribution < 1.29 is 18.0 Å². The Morgan fingerprint density at radius 1 is 1.40 bits per heavy atom. The van der Waals surface area contributed by atoms with Gasteiger partial charge in [0.15, 0.2) is 0 Å². The maximum atomic E-state index is 11.8. The van der Waals surface area contributed by atoms with Gasteiger partial charge in [0, 0.05) is 6.54 Å². The topological polar surface area (TPSA) is 41.1 Å². The van der Waals surface area contributed by atoms with Crippen LogP contribution in [-0.4, -0.2) is 31.2 Å². The van der Waals surface area contributed by atoms with Crippen molar-refractivity contribution in [3.05, 3.63) is 0 Å². The van der Waals surface area contributed by atoms with Gasteiger partial charge in [0.1, 0.15) is 0 Å². The van der Waals surface area contributed by atoms with Crippen molar-refractivity contribution in [1.29, 1.82) is 0 Å². The molecule has 0 spiro atoms. The van der Waals surface area contributed by atoms with E-state index >= 15 is 0 Å². The average Bonchev–Trinajstić information content (AvgIpc) is 2.17. The maximum Gasteiger partial charge on any atom is 0.390 e. The van der Waals surface area contributed by atoms with Gasteiger partial charge in [0.2, 0.25) is 5.91 Å². The van der Waals surface area contributed by atoms with Crippen molar-refractivity contribution in [2.24, 2.45) is 0 Å². The van der Waals surface area contributed by atoms with Gasteiger partial charge in [-0.25, -0.2) is 0 Å². The number of halogens is 3. The van der Waals surface area contributed by atoms with E-state index in [4.69, 9.17) is 0 Å². The first kappa shape index (κ1) is 12.3. The fourth-order valence-electron chi connectivity index (χ4n) is 1.53. The van der Waals surface area contributed by atoms with Gasteiger partial charge in [-0.3, -0.25) is 4.79 Å². The van der Waals surface area contributed by atoms with Crippen LogP contribution in [0.4, 0.5) is 13.2 Å². The van der Waals surface area contributed by atoms with Crippen molar-refractivity contribution in [1.82, 2.24) is 10.6 Å². The van der Waals surface area contributed by atoms with E-state index in [1.807, 2.05) is 0 Å². The average molecular weight is 224 g/mol. The van der Waals surface area contributed by atoms with E-state index in [0.29, 0.717) is 6.42 Å². The van der Waals surface area contributed by atoms with Crippen molar-refractivity contribution in [3.63, 3.8) is 0 Å². The van der Waals surface area contributed by atoms with Gasteiger partial charge < -0.3 is 10.6 Å². The molecule has 2 N–H and O–H groups in total. The first-order valence-electron chi connectivity index (χ1n) is 5.07. The number of carbonyl (C=O) groups is 1. The van der Waals surface area contributed by atoms with Crippen molar-refractivity contribution >= 4 is 5.91 Å². The van der Waals surface area contributed by atoms with Crippen LogP contribution in [0.15, 0.2) is 0 Å². The summed E-state index contributed by atoms with van der Waals surface area (Å²) in [5.74, 6) is -0.320. The molecule has 1 rings (SSSR count). The lowest BCUT2D eigenvalue weighted by Crippen LogP contribution is -2.47. The van der Waals surface area contributed by atoms with Crippen LogP contribution in [0, 0.1) is 0 Å². The molecule has 3 nitrogen and oxygen atoms in total. The maximum absolute atomic E-state index is 11.8. The van der Waals surface area contributed by atoms with Crippen LogP contribution in [-0.2, 0) is 4.79 Å². The Morgan fingerprint density at radius 2 is 2.13 bits per heavy atom. The fraction of sp³-hybridized carbons (Fsp3) is 0.889. The summed E-state index contributed by atoms with van der Waals surface area (Å²) in [5.41, 5.74) is 0. The molecule has 0 unspecified atom stereocenters. The summed E-state index contributed by atoms with van der Waals surface area (Å²) < 4.78 is 35.3. The summed E-state index contributed by atoms with van der Waals surface area (Å²) in [6.07, 6.45) is -2.49. The minimum absolute atomic E-state index is 0.313. The van der Waals surface area contributed by atoms with Crippen molar-refractivity contribution in [2.75, 3.05) is 13.1 Å². The number of hydrogen-bond acceptors (Lipinski definition) is 2. The first-order chi connectivity index (χ1) is 6.99. The Morgan fingerprint density at radius 3 is 2.67 bits per heavy atom. The zero-order valence-electron chi connectivity index (χ0n) is 8.36. The molecule has 0 aromatic rings. The van der Waals surface area contributed by atoms with E-state index in [1.54, 1.807) is 0 Å². The van der Waals surface area contributed by atoms with E-state index in [0.717, 1.165) is 19.4 Å². The minimum atomic E-state index is -4.20. The van der Waals surface area contributed by atoms with E-state index in [1.165, 1.54) is 0 Å². The first-order valence-corrected chi connectivity index (χ1v) is 5.07. The van der Waals surface area contributed by atoms with Gasteiger partial charge in [0.05, 0.1) is 12.5 Å². The molecule has 15 heavy (non-hydrogen) atoms. The number of amides is 1. The molecular weight excluding hydrogens is 209 g/mol. The second-order valence-corrected chi connectivity index (χ2v) is 3.66. The molecule has 1 aliphatic rings. The van der Waals surface area contributed by atoms with Crippen LogP contribution >= 0.6 is 0 Å². The fourth-order valence-corrected chi connectivity index (χ4v) is 1.53. The molecule has 88 valence electrons. The Kier molecular flexibility index (Phi) is 4.38. The van der Waals surface area contributed by atoms with E-state index in [9.17, 15) is 18.0 Å². The van der Waals surface area contributed by atoms with Crippen LogP contribution < -0.4 is 10.6 Å². The summed E-state index contributed by atoms with van der Waals surface area (Å²) in [7, 11) is 0. The van der Waals surface area contributed by atoms with Crippen molar-refractivity contribution in [3.8, 4) is 0 Å². The highest BCUT2D eigenvalue weighted by atomic mass is 19.4. The number of hydrogen-bond donors (Lipinski definition) is 2. The SMILES string of the molecule is O=C(NCCC(F)(F)F)[C@@H]1CCCCN1. The van der Waals surface area contributed by atoms with Crippen LogP contribution in [0.25, 0.3) is 0 Å². The zero-order chi connectivity index (χ0) is 11.3. The highest BCUT2D eigenvalue weighted by Gasteiger charge is 2.27. The predicted molar refractivity (Wildman–Crippen MR) is 49.3 cm³/mol. The molecule has 0 aromatic heterocycles. The van der Waals surface area contributed by atoms with Crippen LogP contribution in [0.2, 0.25) is 0 Å². The molecule has 1 saturated heterocycles. The van der Waals surface area contributed by atoms with Gasteiger partial charge in [-0.1, -0.05) is 6.42 Å². The molecule has 1 heterocycles. The Hall–Kier alpha value is -0.780. The molecule has 1 aliphatic heterocycles. The lowest BCUT2D eigenvalue weighted by molar-refractivity contribution is -0.136. The number of piperidine rings is 1. The molecular formula is C9H15F3N2O. The normalized spacial score (nSPS) is 22.5. The number of alkyl halides is 3. The molecule has 6 heteroatoms. The quantitative estimate of drug-likeness (QED) is 0.756. The monoisotopic (exact) mass is 224 g/mol. The summed E-state index contributed by atoms with van der Waals surface area (Å²) in [6.45, 7) is 0.428. The molecule has 1 fully saturated rings. The second kappa shape index (κ2) is 5.34. The van der Waals surface area contributed by atoms with Crippen LogP contribution in [0.5, 0.6) is 0 Å². The third-order valence-corrected chi connectivity index (χ3v) is 2.33. The Balaban J connectivity index is 2.17. The van der Waals surface area contributed by atoms with E-state index < -0.39 is 12.6 Å². The Bertz CT molecular complexity index is 212. The van der Waals surface area contributed by atoms with Gasteiger partial charge in [-0.2, -0.15) is 13.2 Å². The van der Waals surface area contributed by atoms with Gasteiger partial charge in [0.25, 0.3) is 0 Å². The summed E-state index contributed by atoms with van der Waals surface area (Å²) in [4.78, 5) is 11.3. The Labute approximate surface area is 86.4 Å². The highest BCUT2D eigenvalue weighted by molar-refractivity contribution is 5.81. The smallest absolute Gasteiger partial charge is 0.354 e. The molecule has 0 bridgehead atoms. The third-order valence-electron chi connectivity index (χ3n) is 2.33. The van der Waals surface area contributed by atoms with Gasteiger partial charge in [-0.05, 0) is 19.4 Å². The number of carbonyl (C=O) groups excluding carboxylic acids is 1. The second-order valence-electron chi connectivity index (χ2n) is 3.66. The zero-order valence-corrected chi connectivity index (χ0v) is 8.36. The van der Waals surface area contributed by atoms with E-state index in [2.05, 4.69) is 10.6 Å². The largest absolute Gasteiger partial charge is 0.390 e. The standard InChI is InChI=1S/C9H15F3N2O/c10-9(11,12)4-6-14-8(15)7-3-1-2-5-13-7/h7,13H,1-6H2,(H,14,15)/t7-/m0/s1. The molecule has 0 saturated carbocycles. The molecule has 0 aliphatic carbocycles. The minimum Gasteiger partial charge on any atom is -0.354 e. The predicted octanol–water partition coefficient (Wildman–Crippen LogP) is 1.20. The molecule has 0 aromatic carbocycles. The summed E-state index contributed by atoms with van der Waals surface area (Å²) in [5, 5.41) is 5.26. The highest BCUT2D eigenvalue weighted by Crippen LogP contribution is 2.18. The van der Waals surface area contributed by atoms with Gasteiger partial charge >= 0.3 is 6.18 Å². The van der Waals surface area contributed by atoms with Crippen molar-refractivity contribution in [2.45, 2.75) is 37.9 Å². The summed E-state index contributed by atoms with van der Waals surface area (Å²) in [6, 6.07) is -0.313.